The van der Waals surface area contributed by atoms with Gasteiger partial charge in [0.2, 0.25) is 10.0 Å². The maximum atomic E-state index is 12.8. The highest BCUT2D eigenvalue weighted by Gasteiger charge is 2.12. The van der Waals surface area contributed by atoms with E-state index in [1.54, 1.807) is 12.1 Å². The van der Waals surface area contributed by atoms with Gasteiger partial charge in [0.1, 0.15) is 5.82 Å². The van der Waals surface area contributed by atoms with Crippen molar-refractivity contribution >= 4 is 15.7 Å². The number of sulfonamides is 1. The number of benzene rings is 2. The Balaban J connectivity index is 1.96. The van der Waals surface area contributed by atoms with Crippen LogP contribution in [-0.2, 0) is 16.4 Å². The van der Waals surface area contributed by atoms with Crippen LogP contribution in [0.1, 0.15) is 5.56 Å². The summed E-state index contributed by atoms with van der Waals surface area (Å²) in [7, 11) is -3.60. The van der Waals surface area contributed by atoms with E-state index in [1.807, 2.05) is 12.1 Å². The molecule has 0 aromatic heterocycles. The van der Waals surface area contributed by atoms with Crippen LogP contribution in [0.5, 0.6) is 0 Å². The summed E-state index contributed by atoms with van der Waals surface area (Å²) in [6.45, 7) is 0.267. The molecule has 0 heterocycles. The molecule has 3 N–H and O–H groups in total. The van der Waals surface area contributed by atoms with Gasteiger partial charge in [0.15, 0.2) is 0 Å². The van der Waals surface area contributed by atoms with Crippen LogP contribution in [0.2, 0.25) is 0 Å². The number of hydrogen-bond donors (Lipinski definition) is 2. The standard InChI is InChI=1S/C14H15FN2O2S/c15-12-3-7-14(8-4-12)20(18,19)17-10-9-11-1-5-13(16)6-2-11/h1-8,17H,9-10,16H2. The van der Waals surface area contributed by atoms with Crippen molar-refractivity contribution < 1.29 is 12.8 Å². The van der Waals surface area contributed by atoms with Crippen LogP contribution in [0.3, 0.4) is 0 Å². The van der Waals surface area contributed by atoms with Gasteiger partial charge >= 0.3 is 0 Å². The van der Waals surface area contributed by atoms with Crippen LogP contribution < -0.4 is 10.5 Å². The summed E-state index contributed by atoms with van der Waals surface area (Å²) in [5.74, 6) is -0.467. The molecule has 20 heavy (non-hydrogen) atoms. The van der Waals surface area contributed by atoms with E-state index in [1.165, 1.54) is 12.1 Å². The van der Waals surface area contributed by atoms with Crippen LogP contribution in [-0.4, -0.2) is 15.0 Å². The number of nitrogens with two attached hydrogens (primary N) is 1. The van der Waals surface area contributed by atoms with Gasteiger partial charge in [-0.1, -0.05) is 12.1 Å². The fourth-order valence-corrected chi connectivity index (χ4v) is 2.74. The average molecular weight is 294 g/mol. The number of nitrogens with one attached hydrogen (secondary N) is 1. The van der Waals surface area contributed by atoms with Gasteiger partial charge in [-0.2, -0.15) is 0 Å². The SMILES string of the molecule is Nc1ccc(CCNS(=O)(=O)c2ccc(F)cc2)cc1. The Kier molecular flexibility index (Phi) is 4.36. The normalized spacial score (nSPS) is 11.4. The molecule has 4 nitrogen and oxygen atoms in total. The Bertz CT molecular complexity index is 667. The highest BCUT2D eigenvalue weighted by Crippen LogP contribution is 2.10. The third kappa shape index (κ3) is 3.79. The van der Waals surface area contributed by atoms with Crippen molar-refractivity contribution in [1.29, 1.82) is 0 Å². The first-order valence-corrected chi connectivity index (χ1v) is 7.55. The van der Waals surface area contributed by atoms with Gasteiger partial charge < -0.3 is 5.73 Å². The van der Waals surface area contributed by atoms with Crippen LogP contribution in [0, 0.1) is 5.82 Å². The second kappa shape index (κ2) is 6.02. The predicted octanol–water partition coefficient (Wildman–Crippen LogP) is 1.93. The van der Waals surface area contributed by atoms with Gasteiger partial charge in [-0.15, -0.1) is 0 Å². The fraction of sp³-hybridized carbons (Fsp3) is 0.143. The lowest BCUT2D eigenvalue weighted by atomic mass is 10.1. The minimum Gasteiger partial charge on any atom is -0.399 e. The first-order valence-electron chi connectivity index (χ1n) is 6.07. The molecule has 0 unspecified atom stereocenters. The third-order valence-electron chi connectivity index (χ3n) is 2.81. The minimum absolute atomic E-state index is 0.0520. The predicted molar refractivity (Wildman–Crippen MR) is 76.1 cm³/mol. The van der Waals surface area contributed by atoms with E-state index in [-0.39, 0.29) is 11.4 Å². The van der Waals surface area contributed by atoms with Crippen molar-refractivity contribution in [2.75, 3.05) is 12.3 Å². The van der Waals surface area contributed by atoms with Crippen LogP contribution in [0.4, 0.5) is 10.1 Å². The fourth-order valence-electron chi connectivity index (χ4n) is 1.71. The Labute approximate surface area is 117 Å². The molecule has 0 saturated heterocycles. The Morgan fingerprint density at radius 1 is 1.00 bits per heavy atom. The van der Waals surface area contributed by atoms with E-state index >= 15 is 0 Å². The van der Waals surface area contributed by atoms with Gasteiger partial charge in [-0.25, -0.2) is 17.5 Å². The Morgan fingerprint density at radius 3 is 2.20 bits per heavy atom. The number of nitrogen functional groups attached to an aromatic ring is 1. The molecule has 0 aliphatic heterocycles. The molecule has 0 spiro atoms. The number of hydrogen-bond acceptors (Lipinski definition) is 3. The Hall–Kier alpha value is -1.92. The zero-order chi connectivity index (χ0) is 14.6. The average Bonchev–Trinajstić information content (AvgIpc) is 2.41. The molecular formula is C14H15FN2O2S. The van der Waals surface area contributed by atoms with Gasteiger partial charge in [0, 0.05) is 12.2 Å². The topological polar surface area (TPSA) is 72.2 Å². The number of halogens is 1. The third-order valence-corrected chi connectivity index (χ3v) is 4.29. The second-order valence-electron chi connectivity index (χ2n) is 4.34. The van der Waals surface area contributed by atoms with Crippen molar-refractivity contribution in [3.63, 3.8) is 0 Å². The van der Waals surface area contributed by atoms with E-state index in [2.05, 4.69) is 4.72 Å². The molecule has 106 valence electrons. The van der Waals surface area contributed by atoms with Gasteiger partial charge in [0.05, 0.1) is 4.90 Å². The molecule has 6 heteroatoms. The van der Waals surface area contributed by atoms with Crippen molar-refractivity contribution in [1.82, 2.24) is 4.72 Å². The zero-order valence-electron chi connectivity index (χ0n) is 10.7. The number of anilines is 1. The van der Waals surface area contributed by atoms with Gasteiger partial charge in [0.25, 0.3) is 0 Å². The minimum atomic E-state index is -3.60. The van der Waals surface area contributed by atoms with Crippen molar-refractivity contribution in [3.05, 3.63) is 59.9 Å². The summed E-state index contributed by atoms with van der Waals surface area (Å²) >= 11 is 0. The maximum absolute atomic E-state index is 12.8. The zero-order valence-corrected chi connectivity index (χ0v) is 11.5. The Morgan fingerprint density at radius 2 is 1.60 bits per heavy atom. The van der Waals surface area contributed by atoms with Crippen LogP contribution in [0.15, 0.2) is 53.4 Å². The highest BCUT2D eigenvalue weighted by atomic mass is 32.2. The summed E-state index contributed by atoms with van der Waals surface area (Å²) in [6.07, 6.45) is 0.556. The van der Waals surface area contributed by atoms with E-state index in [4.69, 9.17) is 5.73 Å². The summed E-state index contributed by atoms with van der Waals surface area (Å²) < 4.78 is 39.1. The van der Waals surface area contributed by atoms with Crippen molar-refractivity contribution in [2.24, 2.45) is 0 Å². The quantitative estimate of drug-likeness (QED) is 0.828. The molecule has 0 aliphatic carbocycles. The molecule has 0 fully saturated rings. The van der Waals surface area contributed by atoms with Crippen LogP contribution >= 0.6 is 0 Å². The molecule has 0 radical (unpaired) electrons. The molecule has 0 saturated carbocycles. The first-order chi connectivity index (χ1) is 9.47. The summed E-state index contributed by atoms with van der Waals surface area (Å²) in [6, 6.07) is 11.9. The van der Waals surface area contributed by atoms with E-state index in [0.717, 1.165) is 17.7 Å². The first kappa shape index (κ1) is 14.5. The van der Waals surface area contributed by atoms with Gasteiger partial charge in [-0.3, -0.25) is 0 Å². The van der Waals surface area contributed by atoms with Crippen molar-refractivity contribution in [3.8, 4) is 0 Å². The lowest BCUT2D eigenvalue weighted by Gasteiger charge is -2.07. The summed E-state index contributed by atoms with van der Waals surface area (Å²) in [5.41, 5.74) is 7.22. The van der Waals surface area contributed by atoms with Crippen molar-refractivity contribution in [2.45, 2.75) is 11.3 Å². The van der Waals surface area contributed by atoms with E-state index in [0.29, 0.717) is 12.1 Å². The highest BCUT2D eigenvalue weighted by molar-refractivity contribution is 7.89. The molecule has 0 amide bonds. The molecule has 0 atom stereocenters. The van der Waals surface area contributed by atoms with E-state index < -0.39 is 15.8 Å². The lowest BCUT2D eigenvalue weighted by molar-refractivity contribution is 0.580. The van der Waals surface area contributed by atoms with E-state index in [9.17, 15) is 12.8 Å². The smallest absolute Gasteiger partial charge is 0.240 e. The lowest BCUT2D eigenvalue weighted by Crippen LogP contribution is -2.26. The molecule has 0 aliphatic rings. The molecule has 0 bridgehead atoms. The largest absolute Gasteiger partial charge is 0.399 e. The van der Waals surface area contributed by atoms with Gasteiger partial charge in [-0.05, 0) is 48.4 Å². The summed E-state index contributed by atoms with van der Waals surface area (Å²) in [5, 5.41) is 0. The maximum Gasteiger partial charge on any atom is 0.240 e. The number of rotatable bonds is 5. The second-order valence-corrected chi connectivity index (χ2v) is 6.11. The molecular weight excluding hydrogens is 279 g/mol. The summed E-state index contributed by atoms with van der Waals surface area (Å²) in [4.78, 5) is 0.0520. The monoisotopic (exact) mass is 294 g/mol. The van der Waals surface area contributed by atoms with Crippen LogP contribution in [0.25, 0.3) is 0 Å². The molecule has 2 aromatic rings. The molecule has 2 aromatic carbocycles. The molecule has 2 rings (SSSR count).